The summed E-state index contributed by atoms with van der Waals surface area (Å²) in [7, 11) is 0. The number of hydrogen-bond donors (Lipinski definition) is 0. The summed E-state index contributed by atoms with van der Waals surface area (Å²) in [6.45, 7) is 2.23. The van der Waals surface area contributed by atoms with Gasteiger partial charge >= 0.3 is 0 Å². The van der Waals surface area contributed by atoms with E-state index in [1.54, 1.807) is 24.3 Å². The van der Waals surface area contributed by atoms with Crippen LogP contribution in [-0.4, -0.2) is 28.0 Å². The lowest BCUT2D eigenvalue weighted by molar-refractivity contribution is 0.908. The fourth-order valence-corrected chi connectivity index (χ4v) is 2.96. The van der Waals surface area contributed by atoms with E-state index in [2.05, 4.69) is 32.0 Å². The Morgan fingerprint density at radius 1 is 1.21 bits per heavy atom. The molecule has 0 saturated carbocycles. The molecule has 1 saturated heterocycles. The summed E-state index contributed by atoms with van der Waals surface area (Å²) in [5, 5.41) is 1.03. The predicted molar refractivity (Wildman–Crippen MR) is 77.3 cm³/mol. The van der Waals surface area contributed by atoms with Crippen molar-refractivity contribution in [2.45, 2.75) is 23.6 Å². The molecule has 0 spiro atoms. The maximum absolute atomic E-state index is 4.37. The summed E-state index contributed by atoms with van der Waals surface area (Å²) in [5.74, 6) is 1.95. The second-order valence-corrected chi connectivity index (χ2v) is 5.55. The van der Waals surface area contributed by atoms with Gasteiger partial charge in [0.15, 0.2) is 0 Å². The molecule has 0 amide bonds. The molecule has 0 radical (unpaired) electrons. The Labute approximate surface area is 117 Å². The Bertz CT molecular complexity index is 526. The van der Waals surface area contributed by atoms with Crippen molar-refractivity contribution in [1.29, 1.82) is 0 Å². The third-order valence-corrected chi connectivity index (χ3v) is 4.16. The molecule has 0 aliphatic carbocycles. The Morgan fingerprint density at radius 2 is 2.11 bits per heavy atom. The number of hydrogen-bond acceptors (Lipinski definition) is 5. The largest absolute Gasteiger partial charge is 0.356 e. The minimum Gasteiger partial charge on any atom is -0.356 e. The number of thioether (sulfide) groups is 1. The van der Waals surface area contributed by atoms with Crippen molar-refractivity contribution < 1.29 is 0 Å². The first kappa shape index (κ1) is 12.4. The first-order valence-corrected chi connectivity index (χ1v) is 7.49. The van der Waals surface area contributed by atoms with Crippen LogP contribution in [0.2, 0.25) is 0 Å². The lowest BCUT2D eigenvalue weighted by Crippen LogP contribution is -2.18. The van der Waals surface area contributed by atoms with Gasteiger partial charge in [-0.3, -0.25) is 4.98 Å². The molecule has 1 fully saturated rings. The van der Waals surface area contributed by atoms with E-state index in [0.29, 0.717) is 0 Å². The fraction of sp³-hybridized carbons (Fsp3) is 0.357. The van der Waals surface area contributed by atoms with E-state index in [1.807, 2.05) is 12.3 Å². The van der Waals surface area contributed by atoms with Crippen LogP contribution in [0.15, 0.2) is 41.9 Å². The minimum absolute atomic E-state index is 0.893. The Kier molecular flexibility index (Phi) is 3.93. The van der Waals surface area contributed by atoms with Gasteiger partial charge < -0.3 is 4.90 Å². The molecule has 1 aliphatic rings. The zero-order valence-corrected chi connectivity index (χ0v) is 11.5. The van der Waals surface area contributed by atoms with Crippen LogP contribution in [0.5, 0.6) is 0 Å². The first-order valence-electron chi connectivity index (χ1n) is 6.50. The molecule has 0 N–H and O–H groups in total. The van der Waals surface area contributed by atoms with Gasteiger partial charge in [0.2, 0.25) is 0 Å². The summed E-state index contributed by atoms with van der Waals surface area (Å²) in [5.41, 5.74) is 1.22. The third kappa shape index (κ3) is 3.23. The van der Waals surface area contributed by atoms with Crippen molar-refractivity contribution in [2.75, 3.05) is 18.0 Å². The molecular weight excluding hydrogens is 256 g/mol. The molecule has 1 aliphatic heterocycles. The number of aromatic nitrogens is 3. The van der Waals surface area contributed by atoms with E-state index in [1.165, 1.54) is 18.4 Å². The smallest absolute Gasteiger partial charge is 0.133 e. The minimum atomic E-state index is 0.893. The van der Waals surface area contributed by atoms with E-state index in [4.69, 9.17) is 0 Å². The summed E-state index contributed by atoms with van der Waals surface area (Å²) >= 11 is 1.73. The molecule has 5 heteroatoms. The number of rotatable bonds is 4. The van der Waals surface area contributed by atoms with Crippen LogP contribution < -0.4 is 4.90 Å². The van der Waals surface area contributed by atoms with Gasteiger partial charge in [-0.15, -0.1) is 11.8 Å². The molecule has 0 aromatic carbocycles. The highest BCUT2D eigenvalue weighted by molar-refractivity contribution is 7.98. The molecule has 19 heavy (non-hydrogen) atoms. The van der Waals surface area contributed by atoms with Crippen molar-refractivity contribution in [2.24, 2.45) is 0 Å². The molecule has 0 bridgehead atoms. The van der Waals surface area contributed by atoms with Gasteiger partial charge in [-0.05, 0) is 24.5 Å². The molecule has 98 valence electrons. The maximum Gasteiger partial charge on any atom is 0.133 e. The first-order chi connectivity index (χ1) is 9.42. The average Bonchev–Trinajstić information content (AvgIpc) is 3.01. The lowest BCUT2D eigenvalue weighted by atomic mass is 10.3. The highest BCUT2D eigenvalue weighted by Gasteiger charge is 2.14. The van der Waals surface area contributed by atoms with Crippen LogP contribution >= 0.6 is 11.8 Å². The zero-order valence-electron chi connectivity index (χ0n) is 10.7. The Hall–Kier alpha value is -1.62. The fourth-order valence-electron chi connectivity index (χ4n) is 2.17. The second-order valence-electron chi connectivity index (χ2n) is 4.56. The number of pyridine rings is 1. The molecular formula is C14H16N4S. The number of nitrogens with zero attached hydrogens (tertiary/aromatic N) is 4. The Balaban J connectivity index is 1.66. The monoisotopic (exact) mass is 272 g/mol. The van der Waals surface area contributed by atoms with Crippen molar-refractivity contribution in [3.05, 3.63) is 42.5 Å². The normalized spacial score (nSPS) is 14.8. The number of anilines is 1. The van der Waals surface area contributed by atoms with E-state index >= 15 is 0 Å². The maximum atomic E-state index is 4.37. The van der Waals surface area contributed by atoms with Gasteiger partial charge in [0.05, 0.1) is 0 Å². The van der Waals surface area contributed by atoms with Crippen molar-refractivity contribution >= 4 is 17.6 Å². The van der Waals surface area contributed by atoms with Crippen LogP contribution in [0.3, 0.4) is 0 Å². The lowest BCUT2D eigenvalue weighted by Gasteiger charge is -2.16. The van der Waals surface area contributed by atoms with Gasteiger partial charge in [0.25, 0.3) is 0 Å². The van der Waals surface area contributed by atoms with Crippen LogP contribution in [0.25, 0.3) is 0 Å². The molecule has 2 aromatic rings. The Morgan fingerprint density at radius 3 is 2.89 bits per heavy atom. The third-order valence-electron chi connectivity index (χ3n) is 3.17. The summed E-state index contributed by atoms with van der Waals surface area (Å²) < 4.78 is 0. The highest BCUT2D eigenvalue weighted by Crippen LogP contribution is 2.24. The SMILES string of the molecule is c1cncc(CSc2cc(N3CCCC3)ncn2)c1. The zero-order chi connectivity index (χ0) is 12.9. The van der Waals surface area contributed by atoms with Crippen LogP contribution in [0.1, 0.15) is 18.4 Å². The van der Waals surface area contributed by atoms with Crippen molar-refractivity contribution in [1.82, 2.24) is 15.0 Å². The van der Waals surface area contributed by atoms with Gasteiger partial charge in [-0.25, -0.2) is 9.97 Å². The van der Waals surface area contributed by atoms with Gasteiger partial charge in [0, 0.05) is 37.3 Å². The molecule has 0 atom stereocenters. The topological polar surface area (TPSA) is 41.9 Å². The van der Waals surface area contributed by atoms with Crippen molar-refractivity contribution in [3.8, 4) is 0 Å². The second kappa shape index (κ2) is 6.02. The summed E-state index contributed by atoms with van der Waals surface area (Å²) in [6.07, 6.45) is 7.89. The highest BCUT2D eigenvalue weighted by atomic mass is 32.2. The van der Waals surface area contributed by atoms with E-state index in [0.717, 1.165) is 29.7 Å². The molecule has 2 aromatic heterocycles. The van der Waals surface area contributed by atoms with Crippen molar-refractivity contribution in [3.63, 3.8) is 0 Å². The summed E-state index contributed by atoms with van der Waals surface area (Å²) in [6, 6.07) is 6.14. The van der Waals surface area contributed by atoms with Gasteiger partial charge in [-0.2, -0.15) is 0 Å². The quantitative estimate of drug-likeness (QED) is 0.632. The predicted octanol–water partition coefficient (Wildman–Crippen LogP) is 2.76. The van der Waals surface area contributed by atoms with Gasteiger partial charge in [-0.1, -0.05) is 6.07 Å². The molecule has 0 unspecified atom stereocenters. The molecule has 4 nitrogen and oxygen atoms in total. The standard InChI is InChI=1S/C14H16N4S/c1-2-7-18(6-1)13-8-14(17-11-16-13)19-10-12-4-3-5-15-9-12/h3-5,8-9,11H,1-2,6-7,10H2. The van der Waals surface area contributed by atoms with Crippen LogP contribution in [0.4, 0.5) is 5.82 Å². The van der Waals surface area contributed by atoms with Crippen LogP contribution in [-0.2, 0) is 5.75 Å². The molecule has 3 heterocycles. The van der Waals surface area contributed by atoms with Gasteiger partial charge in [0.1, 0.15) is 17.2 Å². The van der Waals surface area contributed by atoms with Crippen LogP contribution in [0, 0.1) is 0 Å². The van der Waals surface area contributed by atoms with E-state index in [-0.39, 0.29) is 0 Å². The van der Waals surface area contributed by atoms with E-state index < -0.39 is 0 Å². The average molecular weight is 272 g/mol. The summed E-state index contributed by atoms with van der Waals surface area (Å²) in [4.78, 5) is 15.1. The molecule has 3 rings (SSSR count). The van der Waals surface area contributed by atoms with E-state index in [9.17, 15) is 0 Å².